The lowest BCUT2D eigenvalue weighted by molar-refractivity contribution is -0.129. The third kappa shape index (κ3) is 4.55. The van der Waals surface area contributed by atoms with E-state index in [1.807, 2.05) is 7.05 Å². The van der Waals surface area contributed by atoms with E-state index in [9.17, 15) is 9.18 Å². The Morgan fingerprint density at radius 1 is 1.48 bits per heavy atom. The summed E-state index contributed by atoms with van der Waals surface area (Å²) in [4.78, 5) is 15.7. The van der Waals surface area contributed by atoms with Crippen molar-refractivity contribution >= 4 is 17.5 Å². The van der Waals surface area contributed by atoms with Crippen LogP contribution in [0.2, 0.25) is 5.02 Å². The lowest BCUT2D eigenvalue weighted by atomic mass is 9.98. The number of halogens is 2. The van der Waals surface area contributed by atoms with Crippen LogP contribution in [-0.2, 0) is 11.3 Å². The van der Waals surface area contributed by atoms with Gasteiger partial charge in [-0.05, 0) is 42.2 Å². The predicted octanol–water partition coefficient (Wildman–Crippen LogP) is 3.87. The molecule has 2 rings (SSSR count). The van der Waals surface area contributed by atoms with E-state index in [1.54, 1.807) is 17.9 Å². The largest absolute Gasteiger partial charge is 0.339 e. The molecule has 1 unspecified atom stereocenters. The van der Waals surface area contributed by atoms with Crippen molar-refractivity contribution in [1.82, 2.24) is 9.80 Å². The monoisotopic (exact) mass is 338 g/mol. The molecule has 1 aliphatic heterocycles. The lowest BCUT2D eigenvalue weighted by Gasteiger charge is -2.35. The van der Waals surface area contributed by atoms with Gasteiger partial charge < -0.3 is 4.90 Å². The van der Waals surface area contributed by atoms with Crippen LogP contribution in [0.5, 0.6) is 0 Å². The smallest absolute Gasteiger partial charge is 0.219 e. The number of benzene rings is 1. The van der Waals surface area contributed by atoms with Crippen LogP contribution < -0.4 is 0 Å². The van der Waals surface area contributed by atoms with Crippen LogP contribution in [0.3, 0.4) is 0 Å². The van der Waals surface area contributed by atoms with Gasteiger partial charge in [0.25, 0.3) is 0 Å². The Bertz CT molecular complexity index is 603. The molecule has 3 nitrogen and oxygen atoms in total. The molecule has 1 amide bonds. The zero-order valence-corrected chi connectivity index (χ0v) is 14.7. The molecule has 0 bridgehead atoms. The molecule has 0 aromatic heterocycles. The summed E-state index contributed by atoms with van der Waals surface area (Å²) in [6.45, 7) is 6.00. The first-order chi connectivity index (χ1) is 10.9. The van der Waals surface area contributed by atoms with E-state index in [-0.39, 0.29) is 17.8 Å². The van der Waals surface area contributed by atoms with Crippen LogP contribution in [0.15, 0.2) is 29.8 Å². The van der Waals surface area contributed by atoms with Crippen molar-refractivity contribution in [3.05, 3.63) is 46.3 Å². The summed E-state index contributed by atoms with van der Waals surface area (Å²) in [6.07, 6.45) is 4.05. The second kappa shape index (κ2) is 7.93. The standard InChI is InChI=1S/C18H24ClFN2O/c1-4-18(21(3)13(2)23)14-6-5-9-22(11-14)12-15-10-16(20)7-8-17(15)19/h6-8,10,18H,4-5,9,11-12H2,1-3H3. The minimum absolute atomic E-state index is 0.0723. The highest BCUT2D eigenvalue weighted by atomic mass is 35.5. The lowest BCUT2D eigenvalue weighted by Crippen LogP contribution is -2.41. The molecule has 1 aliphatic rings. The summed E-state index contributed by atoms with van der Waals surface area (Å²) in [6, 6.07) is 4.60. The molecule has 1 atom stereocenters. The van der Waals surface area contributed by atoms with E-state index in [0.717, 1.165) is 31.5 Å². The summed E-state index contributed by atoms with van der Waals surface area (Å²) in [5, 5.41) is 0.593. The average molecular weight is 339 g/mol. The molecule has 0 saturated heterocycles. The van der Waals surface area contributed by atoms with Gasteiger partial charge in [-0.25, -0.2) is 4.39 Å². The van der Waals surface area contributed by atoms with E-state index in [0.29, 0.717) is 11.6 Å². The van der Waals surface area contributed by atoms with Crippen molar-refractivity contribution in [3.63, 3.8) is 0 Å². The summed E-state index contributed by atoms with van der Waals surface area (Å²) in [7, 11) is 1.85. The Morgan fingerprint density at radius 3 is 2.87 bits per heavy atom. The van der Waals surface area contributed by atoms with Gasteiger partial charge >= 0.3 is 0 Å². The summed E-state index contributed by atoms with van der Waals surface area (Å²) >= 11 is 6.17. The Kier molecular flexibility index (Phi) is 6.19. The third-order valence-corrected chi connectivity index (χ3v) is 4.81. The minimum Gasteiger partial charge on any atom is -0.339 e. The van der Waals surface area contributed by atoms with E-state index < -0.39 is 0 Å². The summed E-state index contributed by atoms with van der Waals surface area (Å²) in [5.74, 6) is -0.192. The van der Waals surface area contributed by atoms with Crippen LogP contribution in [0.4, 0.5) is 4.39 Å². The Hall–Kier alpha value is -1.39. The molecule has 0 saturated carbocycles. The van der Waals surface area contributed by atoms with Crippen molar-refractivity contribution in [2.45, 2.75) is 39.3 Å². The van der Waals surface area contributed by atoms with Crippen molar-refractivity contribution in [1.29, 1.82) is 0 Å². The van der Waals surface area contributed by atoms with Crippen LogP contribution in [-0.4, -0.2) is 41.9 Å². The number of nitrogens with zero attached hydrogens (tertiary/aromatic N) is 2. The van der Waals surface area contributed by atoms with Gasteiger partial charge in [0.15, 0.2) is 0 Å². The zero-order chi connectivity index (χ0) is 17.0. The maximum absolute atomic E-state index is 13.4. The molecular weight excluding hydrogens is 315 g/mol. The molecule has 23 heavy (non-hydrogen) atoms. The highest BCUT2D eigenvalue weighted by Crippen LogP contribution is 2.24. The minimum atomic E-state index is -0.264. The molecule has 1 aromatic carbocycles. The highest BCUT2D eigenvalue weighted by Gasteiger charge is 2.24. The predicted molar refractivity (Wildman–Crippen MR) is 91.9 cm³/mol. The van der Waals surface area contributed by atoms with Crippen molar-refractivity contribution in [2.24, 2.45) is 0 Å². The molecule has 0 N–H and O–H groups in total. The summed E-state index contributed by atoms with van der Waals surface area (Å²) < 4.78 is 13.4. The maximum atomic E-state index is 13.4. The number of hydrogen-bond acceptors (Lipinski definition) is 2. The Morgan fingerprint density at radius 2 is 2.22 bits per heavy atom. The van der Waals surface area contributed by atoms with E-state index >= 15 is 0 Å². The number of carbonyl (C=O) groups excluding carboxylic acids is 1. The van der Waals surface area contributed by atoms with E-state index in [2.05, 4.69) is 17.9 Å². The van der Waals surface area contributed by atoms with Crippen LogP contribution in [0.1, 0.15) is 32.3 Å². The Labute approximate surface area is 142 Å². The van der Waals surface area contributed by atoms with Crippen LogP contribution in [0, 0.1) is 5.82 Å². The van der Waals surface area contributed by atoms with E-state index in [1.165, 1.54) is 17.7 Å². The average Bonchev–Trinajstić information content (AvgIpc) is 2.52. The molecular formula is C18H24ClFN2O. The van der Waals surface area contributed by atoms with Crippen molar-refractivity contribution in [3.8, 4) is 0 Å². The van der Waals surface area contributed by atoms with Gasteiger partial charge in [-0.15, -0.1) is 0 Å². The molecule has 1 heterocycles. The van der Waals surface area contributed by atoms with Crippen LogP contribution >= 0.6 is 11.6 Å². The molecule has 0 aliphatic carbocycles. The molecule has 5 heteroatoms. The van der Waals surface area contributed by atoms with Crippen molar-refractivity contribution in [2.75, 3.05) is 20.1 Å². The van der Waals surface area contributed by atoms with Gasteiger partial charge in [0.05, 0.1) is 6.04 Å². The fraction of sp³-hybridized carbons (Fsp3) is 0.500. The molecule has 0 radical (unpaired) electrons. The Balaban J connectivity index is 2.09. The van der Waals surface area contributed by atoms with Gasteiger partial charge in [0.1, 0.15) is 5.82 Å². The number of rotatable bonds is 5. The number of hydrogen-bond donors (Lipinski definition) is 0. The summed E-state index contributed by atoms with van der Waals surface area (Å²) in [5.41, 5.74) is 2.06. The topological polar surface area (TPSA) is 23.6 Å². The molecule has 1 aromatic rings. The van der Waals surface area contributed by atoms with Gasteiger partial charge in [0.2, 0.25) is 5.91 Å². The number of amides is 1. The number of likely N-dealkylation sites (N-methyl/N-ethyl adjacent to an activating group) is 1. The van der Waals surface area contributed by atoms with Gasteiger partial charge in [-0.1, -0.05) is 24.6 Å². The first-order valence-corrected chi connectivity index (χ1v) is 8.38. The van der Waals surface area contributed by atoms with Crippen LogP contribution in [0.25, 0.3) is 0 Å². The third-order valence-electron chi connectivity index (χ3n) is 4.44. The van der Waals surface area contributed by atoms with Gasteiger partial charge in [0, 0.05) is 38.6 Å². The van der Waals surface area contributed by atoms with Gasteiger partial charge in [-0.3, -0.25) is 9.69 Å². The second-order valence-electron chi connectivity index (χ2n) is 6.07. The SMILES string of the molecule is CCC(C1=CCCN(Cc2cc(F)ccc2Cl)C1)N(C)C(C)=O. The van der Waals surface area contributed by atoms with Crippen molar-refractivity contribution < 1.29 is 9.18 Å². The first-order valence-electron chi connectivity index (χ1n) is 8.01. The maximum Gasteiger partial charge on any atom is 0.219 e. The normalized spacial score (nSPS) is 16.8. The fourth-order valence-corrected chi connectivity index (χ4v) is 3.30. The first kappa shape index (κ1) is 18.0. The van der Waals surface area contributed by atoms with E-state index in [4.69, 9.17) is 11.6 Å². The molecule has 0 spiro atoms. The zero-order valence-electron chi connectivity index (χ0n) is 14.0. The van der Waals surface area contributed by atoms with Gasteiger partial charge in [-0.2, -0.15) is 0 Å². The highest BCUT2D eigenvalue weighted by molar-refractivity contribution is 6.31. The molecule has 0 fully saturated rings. The molecule has 126 valence electrons. The fourth-order valence-electron chi connectivity index (χ4n) is 3.12. The quantitative estimate of drug-likeness (QED) is 0.761. The second-order valence-corrected chi connectivity index (χ2v) is 6.48. The number of carbonyl (C=O) groups is 1.